The van der Waals surface area contributed by atoms with E-state index in [0.29, 0.717) is 0 Å². The number of likely N-dealkylation sites (N-methyl/N-ethyl adjacent to an activating group) is 1. The van der Waals surface area contributed by atoms with Crippen molar-refractivity contribution >= 4 is 21.8 Å². The van der Waals surface area contributed by atoms with Crippen molar-refractivity contribution in [3.8, 4) is 0 Å². The molecule has 2 nitrogen and oxygen atoms in total. The topological polar surface area (TPSA) is 20.3 Å². The lowest BCUT2D eigenvalue weighted by Crippen LogP contribution is -2.25. The second-order valence-electron chi connectivity index (χ2n) is 4.83. The van der Waals surface area contributed by atoms with E-state index in [4.69, 9.17) is 0 Å². The highest BCUT2D eigenvalue weighted by Crippen LogP contribution is 2.10. The van der Waals surface area contributed by atoms with Gasteiger partial charge in [-0.15, -0.1) is 0 Å². The van der Waals surface area contributed by atoms with Crippen LogP contribution in [0.1, 0.15) is 57.8 Å². The molecule has 0 atom stereocenters. The average Bonchev–Trinajstić information content (AvgIpc) is 2.39. The lowest BCUT2D eigenvalue weighted by Gasteiger charge is -2.14. The van der Waals surface area contributed by atoms with Gasteiger partial charge in [0, 0.05) is 18.9 Å². The number of hydrogen-bond acceptors (Lipinski definition) is 1. The quantitative estimate of drug-likeness (QED) is 0.294. The third-order valence-corrected chi connectivity index (χ3v) is 3.74. The van der Waals surface area contributed by atoms with Crippen molar-refractivity contribution in [2.24, 2.45) is 0 Å². The number of unbranched alkanes of at least 4 members (excludes halogenated alkanes) is 8. The van der Waals surface area contributed by atoms with Crippen LogP contribution in [0.15, 0.2) is 12.7 Å². The van der Waals surface area contributed by atoms with E-state index in [-0.39, 0.29) is 5.91 Å². The number of hydrogen-bond donors (Lipinski definition) is 0. The molecule has 0 N–H and O–H groups in total. The number of carbonyl (C=O) groups is 1. The maximum Gasteiger partial charge on any atom is 0.245 e. The lowest BCUT2D eigenvalue weighted by molar-refractivity contribution is -0.124. The van der Waals surface area contributed by atoms with Crippen LogP contribution in [0.3, 0.4) is 0 Å². The second kappa shape index (κ2) is 13.1. The Labute approximate surface area is 121 Å². The Kier molecular flexibility index (Phi) is 12.9. The van der Waals surface area contributed by atoms with Crippen LogP contribution >= 0.6 is 15.9 Å². The predicted molar refractivity (Wildman–Crippen MR) is 83.2 cm³/mol. The monoisotopic (exact) mass is 317 g/mol. The Balaban J connectivity index is 3.16. The summed E-state index contributed by atoms with van der Waals surface area (Å²) in [5.74, 6) is 0.0294. The summed E-state index contributed by atoms with van der Waals surface area (Å²) in [6.07, 6.45) is 13.2. The van der Waals surface area contributed by atoms with Crippen molar-refractivity contribution in [2.75, 3.05) is 18.9 Å². The molecule has 0 aliphatic carbocycles. The maximum atomic E-state index is 11.2. The molecule has 0 heterocycles. The summed E-state index contributed by atoms with van der Waals surface area (Å²) >= 11 is 3.45. The molecule has 0 radical (unpaired) electrons. The van der Waals surface area contributed by atoms with Crippen LogP contribution in [0.25, 0.3) is 0 Å². The highest BCUT2D eigenvalue weighted by Gasteiger charge is 2.02. The van der Waals surface area contributed by atoms with Gasteiger partial charge in [-0.2, -0.15) is 0 Å². The first-order chi connectivity index (χ1) is 8.72. The molecule has 106 valence electrons. The SMILES string of the molecule is C=CC(=O)N(C)CCCCCCCCCCCBr. The van der Waals surface area contributed by atoms with Crippen LogP contribution in [0.2, 0.25) is 0 Å². The van der Waals surface area contributed by atoms with Crippen molar-refractivity contribution in [3.63, 3.8) is 0 Å². The van der Waals surface area contributed by atoms with Gasteiger partial charge in [-0.05, 0) is 18.9 Å². The largest absolute Gasteiger partial charge is 0.342 e. The first kappa shape index (κ1) is 17.7. The molecule has 0 saturated carbocycles. The molecular weight excluding hydrogens is 290 g/mol. The van der Waals surface area contributed by atoms with Crippen LogP contribution in [-0.2, 0) is 4.79 Å². The van der Waals surface area contributed by atoms with Gasteiger partial charge in [0.05, 0.1) is 0 Å². The van der Waals surface area contributed by atoms with Crippen LogP contribution in [0, 0.1) is 0 Å². The average molecular weight is 318 g/mol. The molecular formula is C15H28BrNO. The Morgan fingerprint density at radius 3 is 1.89 bits per heavy atom. The van der Waals surface area contributed by atoms with Gasteiger partial charge in [0.2, 0.25) is 5.91 Å². The molecule has 0 aromatic heterocycles. The Morgan fingerprint density at radius 1 is 1.00 bits per heavy atom. The van der Waals surface area contributed by atoms with E-state index in [9.17, 15) is 4.79 Å². The summed E-state index contributed by atoms with van der Waals surface area (Å²) in [5.41, 5.74) is 0. The third-order valence-electron chi connectivity index (χ3n) is 3.18. The van der Waals surface area contributed by atoms with Gasteiger partial charge in [-0.3, -0.25) is 4.79 Å². The molecule has 0 aliphatic rings. The van der Waals surface area contributed by atoms with E-state index in [1.54, 1.807) is 4.90 Å². The number of alkyl halides is 1. The van der Waals surface area contributed by atoms with E-state index in [2.05, 4.69) is 22.5 Å². The first-order valence-corrected chi connectivity index (χ1v) is 8.28. The zero-order valence-electron chi connectivity index (χ0n) is 11.8. The summed E-state index contributed by atoms with van der Waals surface area (Å²) in [6.45, 7) is 4.34. The molecule has 0 aromatic rings. The predicted octanol–water partition coefficient (Wildman–Crippen LogP) is 4.54. The van der Waals surface area contributed by atoms with Crippen molar-refractivity contribution in [2.45, 2.75) is 57.8 Å². The maximum absolute atomic E-state index is 11.2. The van der Waals surface area contributed by atoms with E-state index in [1.165, 1.54) is 57.4 Å². The third kappa shape index (κ3) is 10.8. The lowest BCUT2D eigenvalue weighted by atomic mass is 10.1. The van der Waals surface area contributed by atoms with Crippen LogP contribution < -0.4 is 0 Å². The van der Waals surface area contributed by atoms with Gasteiger partial charge in [0.25, 0.3) is 0 Å². The van der Waals surface area contributed by atoms with E-state index in [1.807, 2.05) is 7.05 Å². The standard InChI is InChI=1S/C15H28BrNO/c1-3-15(18)17(2)14-12-10-8-6-4-5-7-9-11-13-16/h3H,1,4-14H2,2H3. The molecule has 0 aromatic carbocycles. The Bertz CT molecular complexity index is 219. The Morgan fingerprint density at radius 2 is 1.44 bits per heavy atom. The van der Waals surface area contributed by atoms with Crippen molar-refractivity contribution in [3.05, 3.63) is 12.7 Å². The zero-order chi connectivity index (χ0) is 13.6. The molecule has 0 unspecified atom stereocenters. The first-order valence-electron chi connectivity index (χ1n) is 7.16. The van der Waals surface area contributed by atoms with E-state index >= 15 is 0 Å². The summed E-state index contributed by atoms with van der Waals surface area (Å²) in [6, 6.07) is 0. The van der Waals surface area contributed by atoms with Gasteiger partial charge in [-0.1, -0.05) is 67.5 Å². The van der Waals surface area contributed by atoms with Gasteiger partial charge in [0.1, 0.15) is 0 Å². The van der Waals surface area contributed by atoms with Gasteiger partial charge in [-0.25, -0.2) is 0 Å². The van der Waals surface area contributed by atoms with Crippen molar-refractivity contribution in [1.82, 2.24) is 4.90 Å². The highest BCUT2D eigenvalue weighted by molar-refractivity contribution is 9.09. The molecule has 0 spiro atoms. The summed E-state index contributed by atoms with van der Waals surface area (Å²) < 4.78 is 0. The van der Waals surface area contributed by atoms with Crippen molar-refractivity contribution < 1.29 is 4.79 Å². The normalized spacial score (nSPS) is 10.3. The molecule has 0 rings (SSSR count). The number of rotatable bonds is 12. The fourth-order valence-electron chi connectivity index (χ4n) is 1.95. The van der Waals surface area contributed by atoms with Gasteiger partial charge >= 0.3 is 0 Å². The number of amides is 1. The summed E-state index contributed by atoms with van der Waals surface area (Å²) in [7, 11) is 1.84. The summed E-state index contributed by atoms with van der Waals surface area (Å²) in [5, 5.41) is 1.14. The Hall–Kier alpha value is -0.310. The molecule has 0 aliphatic heterocycles. The minimum Gasteiger partial charge on any atom is -0.342 e. The molecule has 0 fully saturated rings. The minimum atomic E-state index is 0.0294. The van der Waals surface area contributed by atoms with Crippen LogP contribution in [0.5, 0.6) is 0 Å². The zero-order valence-corrected chi connectivity index (χ0v) is 13.4. The van der Waals surface area contributed by atoms with E-state index in [0.717, 1.165) is 18.3 Å². The smallest absolute Gasteiger partial charge is 0.245 e. The number of carbonyl (C=O) groups excluding carboxylic acids is 1. The highest BCUT2D eigenvalue weighted by atomic mass is 79.9. The fourth-order valence-corrected chi connectivity index (χ4v) is 2.34. The molecule has 18 heavy (non-hydrogen) atoms. The van der Waals surface area contributed by atoms with Gasteiger partial charge in [0.15, 0.2) is 0 Å². The van der Waals surface area contributed by atoms with Crippen LogP contribution in [-0.4, -0.2) is 29.7 Å². The molecule has 0 saturated heterocycles. The van der Waals surface area contributed by atoms with Crippen LogP contribution in [0.4, 0.5) is 0 Å². The van der Waals surface area contributed by atoms with Crippen molar-refractivity contribution in [1.29, 1.82) is 0 Å². The second-order valence-corrected chi connectivity index (χ2v) is 5.63. The molecule has 1 amide bonds. The summed E-state index contributed by atoms with van der Waals surface area (Å²) in [4.78, 5) is 13.0. The fraction of sp³-hybridized carbons (Fsp3) is 0.800. The number of halogens is 1. The van der Waals surface area contributed by atoms with Gasteiger partial charge < -0.3 is 4.90 Å². The number of nitrogens with zero attached hydrogens (tertiary/aromatic N) is 1. The van der Waals surface area contributed by atoms with E-state index < -0.39 is 0 Å². The molecule has 0 bridgehead atoms. The minimum absolute atomic E-state index is 0.0294. The molecule has 3 heteroatoms.